The smallest absolute Gasteiger partial charge is 0.143 e. The lowest BCUT2D eigenvalue weighted by Gasteiger charge is -2.27. The molecule has 1 aromatic heterocycles. The number of thiophene rings is 1. The minimum absolute atomic E-state index is 0.140. The summed E-state index contributed by atoms with van der Waals surface area (Å²) >= 11 is 1.71. The molecular weight excluding hydrogens is 230 g/mol. The van der Waals surface area contributed by atoms with E-state index in [0.717, 1.165) is 24.4 Å². The molecule has 2 nitrogen and oxygen atoms in total. The molecule has 0 bridgehead atoms. The molecule has 1 aliphatic rings. The average molecular weight is 245 g/mol. The van der Waals surface area contributed by atoms with Crippen molar-refractivity contribution in [3.63, 3.8) is 0 Å². The highest BCUT2D eigenvalue weighted by Crippen LogP contribution is 2.35. The van der Waals surface area contributed by atoms with Crippen LogP contribution in [0.25, 0.3) is 0 Å². The first-order chi connectivity index (χ1) is 8.36. The van der Waals surface area contributed by atoms with E-state index in [1.54, 1.807) is 11.3 Å². The Morgan fingerprint density at radius 2 is 2.35 bits per heavy atom. The first kappa shape index (κ1) is 10.7. The molecule has 1 atom stereocenters. The Morgan fingerprint density at radius 1 is 1.41 bits per heavy atom. The molecule has 0 radical (unpaired) electrons. The van der Waals surface area contributed by atoms with Crippen molar-refractivity contribution in [1.82, 2.24) is 0 Å². The van der Waals surface area contributed by atoms with Crippen LogP contribution in [0.5, 0.6) is 5.75 Å². The van der Waals surface area contributed by atoms with Crippen molar-refractivity contribution in [2.45, 2.75) is 19.4 Å². The number of aryl methyl sites for hydroxylation is 1. The summed E-state index contributed by atoms with van der Waals surface area (Å²) in [5.41, 5.74) is 3.72. The highest BCUT2D eigenvalue weighted by atomic mass is 32.1. The van der Waals surface area contributed by atoms with Crippen LogP contribution in [0.4, 0.5) is 5.69 Å². The van der Waals surface area contributed by atoms with Crippen LogP contribution in [0.2, 0.25) is 0 Å². The number of hydrogen-bond donors (Lipinski definition) is 1. The summed E-state index contributed by atoms with van der Waals surface area (Å²) in [4.78, 5) is 0. The first-order valence-electron chi connectivity index (χ1n) is 5.92. The Labute approximate surface area is 105 Å². The molecule has 0 spiro atoms. The van der Waals surface area contributed by atoms with E-state index < -0.39 is 0 Å². The van der Waals surface area contributed by atoms with E-state index in [-0.39, 0.29) is 6.10 Å². The summed E-state index contributed by atoms with van der Waals surface area (Å²) in [6.07, 6.45) is 1.20. The van der Waals surface area contributed by atoms with E-state index in [9.17, 15) is 0 Å². The maximum Gasteiger partial charge on any atom is 0.143 e. The van der Waals surface area contributed by atoms with E-state index in [0.29, 0.717) is 0 Å². The van der Waals surface area contributed by atoms with Crippen LogP contribution in [0.3, 0.4) is 0 Å². The van der Waals surface area contributed by atoms with Crippen LogP contribution >= 0.6 is 11.3 Å². The Balaban J connectivity index is 1.86. The van der Waals surface area contributed by atoms with Gasteiger partial charge in [0, 0.05) is 5.56 Å². The maximum atomic E-state index is 6.02. The Morgan fingerprint density at radius 3 is 3.12 bits per heavy atom. The number of benzene rings is 1. The first-order valence-corrected chi connectivity index (χ1v) is 6.86. The highest BCUT2D eigenvalue weighted by molar-refractivity contribution is 7.07. The van der Waals surface area contributed by atoms with Crippen molar-refractivity contribution < 1.29 is 4.74 Å². The van der Waals surface area contributed by atoms with Gasteiger partial charge in [-0.25, -0.2) is 0 Å². The summed E-state index contributed by atoms with van der Waals surface area (Å²) in [5, 5.41) is 7.70. The van der Waals surface area contributed by atoms with E-state index in [1.807, 2.05) is 0 Å². The molecule has 0 amide bonds. The van der Waals surface area contributed by atoms with Crippen molar-refractivity contribution in [1.29, 1.82) is 0 Å². The Hall–Kier alpha value is -1.48. The van der Waals surface area contributed by atoms with Crippen LogP contribution in [0.15, 0.2) is 35.0 Å². The lowest BCUT2D eigenvalue weighted by Crippen LogP contribution is -2.23. The molecule has 0 aliphatic carbocycles. The number of anilines is 1. The summed E-state index contributed by atoms with van der Waals surface area (Å²) in [6, 6.07) is 8.51. The topological polar surface area (TPSA) is 21.3 Å². The predicted octanol–water partition coefficient (Wildman–Crippen LogP) is 3.86. The fourth-order valence-electron chi connectivity index (χ4n) is 2.08. The van der Waals surface area contributed by atoms with Crippen molar-refractivity contribution in [2.75, 3.05) is 11.9 Å². The van der Waals surface area contributed by atoms with Gasteiger partial charge in [-0.05, 0) is 40.9 Å². The molecule has 17 heavy (non-hydrogen) atoms. The van der Waals surface area contributed by atoms with Gasteiger partial charge in [0.25, 0.3) is 0 Å². The minimum atomic E-state index is 0.140. The van der Waals surface area contributed by atoms with Gasteiger partial charge in [-0.2, -0.15) is 11.3 Å². The largest absolute Gasteiger partial charge is 0.482 e. The van der Waals surface area contributed by atoms with Crippen LogP contribution in [0, 0.1) is 0 Å². The van der Waals surface area contributed by atoms with Crippen LogP contribution in [-0.2, 0) is 6.42 Å². The monoisotopic (exact) mass is 245 g/mol. The third kappa shape index (κ3) is 2.03. The third-order valence-corrected chi connectivity index (χ3v) is 3.82. The number of hydrogen-bond acceptors (Lipinski definition) is 3. The molecule has 1 aliphatic heterocycles. The second kappa shape index (κ2) is 4.41. The van der Waals surface area contributed by atoms with Gasteiger partial charge in [-0.1, -0.05) is 13.0 Å². The molecule has 1 aromatic carbocycles. The third-order valence-electron chi connectivity index (χ3n) is 3.11. The SMILES string of the molecule is CCc1ccc2c(c1)NCC(c1ccsc1)O2. The fourth-order valence-corrected chi connectivity index (χ4v) is 2.78. The van der Waals surface area contributed by atoms with Crippen LogP contribution in [-0.4, -0.2) is 6.54 Å². The molecule has 0 fully saturated rings. The number of fused-ring (bicyclic) bond motifs is 1. The molecule has 2 aromatic rings. The Bertz CT molecular complexity index is 507. The normalized spacial score (nSPS) is 18.1. The van der Waals surface area contributed by atoms with Gasteiger partial charge in [0.2, 0.25) is 0 Å². The van der Waals surface area contributed by atoms with Gasteiger partial charge in [0.05, 0.1) is 12.2 Å². The second-order valence-electron chi connectivity index (χ2n) is 4.23. The van der Waals surface area contributed by atoms with E-state index in [2.05, 4.69) is 47.3 Å². The van der Waals surface area contributed by atoms with Gasteiger partial charge < -0.3 is 10.1 Å². The van der Waals surface area contributed by atoms with Gasteiger partial charge in [0.15, 0.2) is 0 Å². The molecule has 1 unspecified atom stereocenters. The fraction of sp³-hybridized carbons (Fsp3) is 0.286. The molecule has 2 heterocycles. The van der Waals surface area contributed by atoms with Gasteiger partial charge in [-0.3, -0.25) is 0 Å². The molecule has 3 rings (SSSR count). The molecule has 3 heteroatoms. The minimum Gasteiger partial charge on any atom is -0.482 e. The van der Waals surface area contributed by atoms with Crippen LogP contribution in [0.1, 0.15) is 24.2 Å². The summed E-state index contributed by atoms with van der Waals surface area (Å²) in [7, 11) is 0. The van der Waals surface area contributed by atoms with Crippen LogP contribution < -0.4 is 10.1 Å². The van der Waals surface area contributed by atoms with Crippen molar-refractivity contribution >= 4 is 17.0 Å². The lowest BCUT2D eigenvalue weighted by atomic mass is 10.1. The number of ether oxygens (including phenoxy) is 1. The van der Waals surface area contributed by atoms with E-state index in [4.69, 9.17) is 4.74 Å². The highest BCUT2D eigenvalue weighted by Gasteiger charge is 2.20. The van der Waals surface area contributed by atoms with Gasteiger partial charge in [-0.15, -0.1) is 0 Å². The average Bonchev–Trinajstić information content (AvgIpc) is 2.91. The second-order valence-corrected chi connectivity index (χ2v) is 5.01. The quantitative estimate of drug-likeness (QED) is 0.867. The number of rotatable bonds is 2. The number of nitrogens with one attached hydrogen (secondary N) is 1. The van der Waals surface area contributed by atoms with Crippen molar-refractivity contribution in [3.05, 3.63) is 46.2 Å². The zero-order valence-electron chi connectivity index (χ0n) is 9.77. The molecule has 88 valence electrons. The standard InChI is InChI=1S/C14H15NOS/c1-2-10-3-4-13-12(7-10)15-8-14(16-13)11-5-6-17-9-11/h3-7,9,14-15H,2,8H2,1H3. The maximum absolute atomic E-state index is 6.02. The van der Waals surface area contributed by atoms with E-state index >= 15 is 0 Å². The van der Waals surface area contributed by atoms with Crippen molar-refractivity contribution in [2.24, 2.45) is 0 Å². The molecule has 1 N–H and O–H groups in total. The van der Waals surface area contributed by atoms with E-state index in [1.165, 1.54) is 11.1 Å². The molecular formula is C14H15NOS. The summed E-state index contributed by atoms with van der Waals surface area (Å²) in [6.45, 7) is 3.01. The summed E-state index contributed by atoms with van der Waals surface area (Å²) < 4.78 is 6.02. The van der Waals surface area contributed by atoms with Gasteiger partial charge in [0.1, 0.15) is 11.9 Å². The molecule has 0 saturated carbocycles. The summed E-state index contributed by atoms with van der Waals surface area (Å²) in [5.74, 6) is 0.963. The Kier molecular flexibility index (Phi) is 2.77. The lowest BCUT2D eigenvalue weighted by molar-refractivity contribution is 0.211. The predicted molar refractivity (Wildman–Crippen MR) is 72.0 cm³/mol. The zero-order chi connectivity index (χ0) is 11.7. The zero-order valence-corrected chi connectivity index (χ0v) is 10.6. The molecule has 0 saturated heterocycles. The van der Waals surface area contributed by atoms with Gasteiger partial charge >= 0.3 is 0 Å². The van der Waals surface area contributed by atoms with Crippen molar-refractivity contribution in [3.8, 4) is 5.75 Å².